The Morgan fingerprint density at radius 1 is 1.05 bits per heavy atom. The van der Waals surface area contributed by atoms with Crippen molar-refractivity contribution >= 4 is 36.2 Å². The fraction of sp³-hybridized carbons (Fsp3) is 0.483. The van der Waals surface area contributed by atoms with Crippen LogP contribution >= 0.6 is 12.6 Å². The monoisotopic (exact) mass is 543 g/mol. The molecule has 2 aromatic carbocycles. The van der Waals surface area contributed by atoms with Gasteiger partial charge in [0.25, 0.3) is 5.91 Å². The fourth-order valence-corrected chi connectivity index (χ4v) is 4.35. The molecular formula is C29H41N3O5S. The lowest BCUT2D eigenvalue weighted by molar-refractivity contribution is -0.140. The van der Waals surface area contributed by atoms with Crippen molar-refractivity contribution in [1.29, 1.82) is 0 Å². The highest BCUT2D eigenvalue weighted by Gasteiger charge is 2.36. The molecule has 0 saturated carbocycles. The number of aromatic hydroxyl groups is 1. The van der Waals surface area contributed by atoms with E-state index in [0.717, 1.165) is 24.0 Å². The minimum Gasteiger partial charge on any atom is -0.508 e. The highest BCUT2D eigenvalue weighted by atomic mass is 32.1. The molecule has 9 heteroatoms. The van der Waals surface area contributed by atoms with Crippen LogP contribution in [0.15, 0.2) is 42.5 Å². The highest BCUT2D eigenvalue weighted by Crippen LogP contribution is 2.29. The van der Waals surface area contributed by atoms with Crippen molar-refractivity contribution in [1.82, 2.24) is 10.2 Å². The number of benzene rings is 2. The standard InChI is InChI=1S/C29H41N3O5S/c1-7-8-9-16-32(27(35)23(18-38)30-28(36)37-29(4,5)6)25(21-14-11-15-22(33)17-21)26(34)31-24-19(2)12-10-13-20(24)3/h10-15,17,23,25,33,38H,7-9,16,18H2,1-6H3,(H,30,36)(H,31,34). The van der Waals surface area contributed by atoms with E-state index in [-0.39, 0.29) is 18.0 Å². The maximum Gasteiger partial charge on any atom is 0.408 e. The zero-order valence-electron chi connectivity index (χ0n) is 23.2. The zero-order valence-corrected chi connectivity index (χ0v) is 24.1. The van der Waals surface area contributed by atoms with Gasteiger partial charge in [-0.1, -0.05) is 50.1 Å². The van der Waals surface area contributed by atoms with Crippen molar-refractivity contribution in [2.45, 2.75) is 78.5 Å². The van der Waals surface area contributed by atoms with E-state index < -0.39 is 35.6 Å². The third-order valence-electron chi connectivity index (χ3n) is 5.93. The fourth-order valence-electron chi connectivity index (χ4n) is 4.11. The van der Waals surface area contributed by atoms with Crippen molar-refractivity contribution in [2.24, 2.45) is 0 Å². The molecule has 0 fully saturated rings. The summed E-state index contributed by atoms with van der Waals surface area (Å²) in [6.07, 6.45) is 1.67. The molecule has 2 unspecified atom stereocenters. The molecule has 0 aliphatic carbocycles. The molecule has 0 aliphatic heterocycles. The third-order valence-corrected chi connectivity index (χ3v) is 6.30. The van der Waals surface area contributed by atoms with Crippen LogP contribution in [0.25, 0.3) is 0 Å². The topological polar surface area (TPSA) is 108 Å². The first kappa shape index (κ1) is 31.0. The number of carbonyl (C=O) groups excluding carboxylic acids is 3. The number of anilines is 1. The van der Waals surface area contributed by atoms with Crippen molar-refractivity contribution in [3.63, 3.8) is 0 Å². The molecule has 2 atom stereocenters. The molecule has 2 aromatic rings. The van der Waals surface area contributed by atoms with Gasteiger partial charge in [-0.25, -0.2) is 4.79 Å². The Labute approximate surface area is 231 Å². The van der Waals surface area contributed by atoms with Crippen molar-refractivity contribution < 1.29 is 24.2 Å². The van der Waals surface area contributed by atoms with Crippen LogP contribution in [-0.2, 0) is 14.3 Å². The van der Waals surface area contributed by atoms with Gasteiger partial charge < -0.3 is 25.4 Å². The number of alkyl carbamates (subject to hydrolysis) is 1. The quantitative estimate of drug-likeness (QED) is 0.220. The minimum absolute atomic E-state index is 0.00757. The molecule has 0 heterocycles. The van der Waals surface area contributed by atoms with Crippen LogP contribution in [0.5, 0.6) is 5.75 Å². The number of hydrogen-bond acceptors (Lipinski definition) is 6. The summed E-state index contributed by atoms with van der Waals surface area (Å²) in [6, 6.07) is 9.94. The van der Waals surface area contributed by atoms with Crippen molar-refractivity contribution in [3.8, 4) is 5.75 Å². The molecule has 0 aromatic heterocycles. The van der Waals surface area contributed by atoms with E-state index in [0.29, 0.717) is 17.7 Å². The summed E-state index contributed by atoms with van der Waals surface area (Å²) >= 11 is 4.32. The second-order valence-corrected chi connectivity index (χ2v) is 10.7. The Balaban J connectivity index is 2.52. The normalized spacial score (nSPS) is 12.8. The first-order valence-electron chi connectivity index (χ1n) is 12.9. The van der Waals surface area contributed by atoms with Crippen LogP contribution in [0.4, 0.5) is 10.5 Å². The molecule has 0 spiro atoms. The number of rotatable bonds is 11. The number of amides is 3. The summed E-state index contributed by atoms with van der Waals surface area (Å²) in [5.41, 5.74) is 2.15. The molecule has 3 amide bonds. The molecule has 38 heavy (non-hydrogen) atoms. The lowest BCUT2D eigenvalue weighted by atomic mass is 10.0. The first-order chi connectivity index (χ1) is 17.9. The molecule has 2 rings (SSSR count). The summed E-state index contributed by atoms with van der Waals surface area (Å²) in [6.45, 7) is 11.3. The molecule has 0 aliphatic rings. The number of para-hydroxylation sites is 1. The average molecular weight is 544 g/mol. The first-order valence-corrected chi connectivity index (χ1v) is 13.6. The Morgan fingerprint density at radius 3 is 2.24 bits per heavy atom. The lowest BCUT2D eigenvalue weighted by Crippen LogP contribution is -2.53. The number of aryl methyl sites for hydroxylation is 2. The Kier molecular flexibility index (Phi) is 11.5. The maximum absolute atomic E-state index is 13.9. The van der Waals surface area contributed by atoms with Gasteiger partial charge in [0.15, 0.2) is 0 Å². The van der Waals surface area contributed by atoms with Crippen molar-refractivity contribution in [2.75, 3.05) is 17.6 Å². The van der Waals surface area contributed by atoms with Gasteiger partial charge in [-0.2, -0.15) is 12.6 Å². The Bertz CT molecular complexity index is 1100. The maximum atomic E-state index is 13.9. The van der Waals surface area contributed by atoms with E-state index in [1.807, 2.05) is 39.0 Å². The van der Waals surface area contributed by atoms with Crippen LogP contribution in [0.1, 0.15) is 69.7 Å². The van der Waals surface area contributed by atoms with Gasteiger partial charge in [0.2, 0.25) is 5.91 Å². The van der Waals surface area contributed by atoms with Gasteiger partial charge in [0, 0.05) is 18.0 Å². The van der Waals surface area contributed by atoms with Gasteiger partial charge in [0.05, 0.1) is 0 Å². The molecule has 208 valence electrons. The van der Waals surface area contributed by atoms with Crippen molar-refractivity contribution in [3.05, 3.63) is 59.2 Å². The molecule has 8 nitrogen and oxygen atoms in total. The van der Waals surface area contributed by atoms with E-state index in [1.165, 1.54) is 17.0 Å². The van der Waals surface area contributed by atoms with E-state index in [2.05, 4.69) is 23.3 Å². The summed E-state index contributed by atoms with van der Waals surface area (Å²) < 4.78 is 5.35. The number of carbonyl (C=O) groups is 3. The Morgan fingerprint density at radius 2 is 1.68 bits per heavy atom. The largest absolute Gasteiger partial charge is 0.508 e. The van der Waals surface area contributed by atoms with Crippen LogP contribution in [0.2, 0.25) is 0 Å². The van der Waals surface area contributed by atoms with Crippen LogP contribution in [0.3, 0.4) is 0 Å². The number of nitrogens with one attached hydrogen (secondary N) is 2. The van der Waals surface area contributed by atoms with Gasteiger partial charge >= 0.3 is 6.09 Å². The van der Waals surface area contributed by atoms with Gasteiger partial charge in [-0.05, 0) is 69.9 Å². The number of phenols is 1. The number of unbranched alkanes of at least 4 members (excludes halogenated alkanes) is 2. The second-order valence-electron chi connectivity index (χ2n) is 10.4. The van der Waals surface area contributed by atoms with Crippen LogP contribution in [-0.4, -0.2) is 51.9 Å². The van der Waals surface area contributed by atoms with Gasteiger partial charge in [-0.15, -0.1) is 0 Å². The number of ether oxygens (including phenoxy) is 1. The predicted molar refractivity (Wildman–Crippen MR) is 154 cm³/mol. The molecule has 0 saturated heterocycles. The summed E-state index contributed by atoms with van der Waals surface area (Å²) in [5, 5.41) is 15.8. The zero-order chi connectivity index (χ0) is 28.5. The van der Waals surface area contributed by atoms with E-state index in [4.69, 9.17) is 4.74 Å². The average Bonchev–Trinajstić information content (AvgIpc) is 2.83. The summed E-state index contributed by atoms with van der Waals surface area (Å²) in [4.78, 5) is 41.8. The molecule has 0 bridgehead atoms. The smallest absolute Gasteiger partial charge is 0.408 e. The van der Waals surface area contributed by atoms with Crippen LogP contribution < -0.4 is 10.6 Å². The highest BCUT2D eigenvalue weighted by molar-refractivity contribution is 7.80. The van der Waals surface area contributed by atoms with Crippen LogP contribution in [0, 0.1) is 13.8 Å². The SMILES string of the molecule is CCCCCN(C(=O)C(CS)NC(=O)OC(C)(C)C)C(C(=O)Nc1c(C)cccc1C)c1cccc(O)c1. The van der Waals surface area contributed by atoms with Gasteiger partial charge in [0.1, 0.15) is 23.4 Å². The number of hydrogen-bond donors (Lipinski definition) is 4. The summed E-state index contributed by atoms with van der Waals surface area (Å²) in [5.74, 6) is -0.904. The van der Waals surface area contributed by atoms with E-state index >= 15 is 0 Å². The minimum atomic E-state index is -1.06. The number of thiol groups is 1. The molecule has 0 radical (unpaired) electrons. The van der Waals surface area contributed by atoms with Gasteiger partial charge in [-0.3, -0.25) is 9.59 Å². The predicted octanol–water partition coefficient (Wildman–Crippen LogP) is 5.53. The van der Waals surface area contributed by atoms with E-state index in [1.54, 1.807) is 32.9 Å². The molecule has 3 N–H and O–H groups in total. The second kappa shape index (κ2) is 14.1. The number of phenolic OH excluding ortho intramolecular Hbond substituents is 1. The number of nitrogens with zero attached hydrogens (tertiary/aromatic N) is 1. The Hall–Kier alpha value is -3.20. The van der Waals surface area contributed by atoms with E-state index in [9.17, 15) is 19.5 Å². The summed E-state index contributed by atoms with van der Waals surface area (Å²) in [7, 11) is 0. The lowest BCUT2D eigenvalue weighted by Gasteiger charge is -2.34. The molecular weight excluding hydrogens is 502 g/mol. The third kappa shape index (κ3) is 8.97.